The topological polar surface area (TPSA) is 18.5 Å². The molecule has 0 radical (unpaired) electrons. The molecule has 2 nitrogen and oxygen atoms in total. The first kappa shape index (κ1) is 25.0. The summed E-state index contributed by atoms with van der Waals surface area (Å²) in [6.07, 6.45) is 5.72. The van der Waals surface area contributed by atoms with Crippen LogP contribution in [0.25, 0.3) is 0 Å². The standard InChI is InChI=1S/C28H42O2Si2/c1-8-23-21-25(30-31(5,6)7)22-24(23)19-20-29-32(28(2,3)4,26-15-11-9-12-16-26)27-17-13-10-14-18-27/h9-18,21,23-24H,8,19-20,22H2,1-7H3/t23-,24-/m0/s1. The van der Waals surface area contributed by atoms with E-state index in [0.717, 1.165) is 19.4 Å². The second-order valence-corrected chi connectivity index (χ2v) is 19.9. The van der Waals surface area contributed by atoms with Gasteiger partial charge in [-0.1, -0.05) is 88.4 Å². The summed E-state index contributed by atoms with van der Waals surface area (Å²) in [6, 6.07) is 21.9. The molecule has 174 valence electrons. The first-order valence-corrected chi connectivity index (χ1v) is 17.5. The van der Waals surface area contributed by atoms with Gasteiger partial charge in [-0.2, -0.15) is 0 Å². The smallest absolute Gasteiger partial charge is 0.261 e. The van der Waals surface area contributed by atoms with E-state index in [1.165, 1.54) is 22.6 Å². The van der Waals surface area contributed by atoms with E-state index >= 15 is 0 Å². The van der Waals surface area contributed by atoms with Crippen molar-refractivity contribution in [3.8, 4) is 0 Å². The van der Waals surface area contributed by atoms with E-state index in [-0.39, 0.29) is 5.04 Å². The van der Waals surface area contributed by atoms with E-state index < -0.39 is 16.6 Å². The molecule has 0 spiro atoms. The predicted molar refractivity (Wildman–Crippen MR) is 143 cm³/mol. The Morgan fingerprint density at radius 3 is 1.84 bits per heavy atom. The third-order valence-electron chi connectivity index (χ3n) is 6.60. The quantitative estimate of drug-likeness (QED) is 0.381. The molecule has 0 fully saturated rings. The minimum Gasteiger partial charge on any atom is -0.548 e. The molecule has 4 heteroatoms. The summed E-state index contributed by atoms with van der Waals surface area (Å²) in [4.78, 5) is 0. The Labute approximate surface area is 198 Å². The van der Waals surface area contributed by atoms with Crippen molar-refractivity contribution in [2.45, 2.75) is 71.6 Å². The zero-order valence-electron chi connectivity index (χ0n) is 21.2. The summed E-state index contributed by atoms with van der Waals surface area (Å²) in [5, 5.41) is 2.75. The summed E-state index contributed by atoms with van der Waals surface area (Å²) >= 11 is 0. The van der Waals surface area contributed by atoms with Crippen molar-refractivity contribution >= 4 is 27.0 Å². The minimum absolute atomic E-state index is 0.0277. The average molecular weight is 467 g/mol. The van der Waals surface area contributed by atoms with Gasteiger partial charge in [0.15, 0.2) is 0 Å². The van der Waals surface area contributed by atoms with Crippen LogP contribution in [0.3, 0.4) is 0 Å². The molecule has 0 saturated carbocycles. The Morgan fingerprint density at radius 1 is 0.875 bits per heavy atom. The number of benzene rings is 2. The zero-order valence-corrected chi connectivity index (χ0v) is 23.2. The lowest BCUT2D eigenvalue weighted by Gasteiger charge is -2.43. The van der Waals surface area contributed by atoms with Gasteiger partial charge in [0.1, 0.15) is 0 Å². The molecule has 2 aromatic rings. The van der Waals surface area contributed by atoms with Crippen LogP contribution >= 0.6 is 0 Å². The van der Waals surface area contributed by atoms with Crippen molar-refractivity contribution in [1.29, 1.82) is 0 Å². The summed E-state index contributed by atoms with van der Waals surface area (Å²) in [5.74, 6) is 2.44. The second kappa shape index (κ2) is 10.1. The first-order valence-electron chi connectivity index (χ1n) is 12.2. The van der Waals surface area contributed by atoms with Crippen LogP contribution < -0.4 is 10.4 Å². The maximum atomic E-state index is 7.14. The van der Waals surface area contributed by atoms with Gasteiger partial charge in [-0.05, 0) is 65.8 Å². The molecular formula is C28H42O2Si2. The molecule has 0 bridgehead atoms. The van der Waals surface area contributed by atoms with Crippen molar-refractivity contribution in [2.24, 2.45) is 11.8 Å². The van der Waals surface area contributed by atoms with Crippen LogP contribution in [0.2, 0.25) is 24.7 Å². The van der Waals surface area contributed by atoms with Crippen molar-refractivity contribution in [2.75, 3.05) is 6.61 Å². The fourth-order valence-electron chi connectivity index (χ4n) is 5.21. The molecule has 32 heavy (non-hydrogen) atoms. The molecule has 0 unspecified atom stereocenters. The monoisotopic (exact) mass is 466 g/mol. The zero-order chi connectivity index (χ0) is 23.4. The maximum Gasteiger partial charge on any atom is 0.261 e. The summed E-state index contributed by atoms with van der Waals surface area (Å²) in [5.41, 5.74) is 0. The van der Waals surface area contributed by atoms with Crippen LogP contribution in [0.1, 0.15) is 47.0 Å². The Morgan fingerprint density at radius 2 is 1.41 bits per heavy atom. The molecule has 0 N–H and O–H groups in total. The normalized spacial score (nSPS) is 19.7. The highest BCUT2D eigenvalue weighted by atomic mass is 28.4. The Bertz CT molecular complexity index is 840. The van der Waals surface area contributed by atoms with E-state index in [1.807, 2.05) is 0 Å². The maximum absolute atomic E-state index is 7.14. The second-order valence-electron chi connectivity index (χ2n) is 11.2. The van der Waals surface area contributed by atoms with Crippen molar-refractivity contribution in [1.82, 2.24) is 0 Å². The SMILES string of the molecule is CC[C@H]1C=C(O[Si](C)(C)C)C[C@@H]1CCO[Si](c1ccccc1)(c1ccccc1)C(C)(C)C. The largest absolute Gasteiger partial charge is 0.548 e. The Kier molecular flexibility index (Phi) is 7.90. The lowest BCUT2D eigenvalue weighted by Crippen LogP contribution is -2.66. The van der Waals surface area contributed by atoms with Crippen LogP contribution in [-0.4, -0.2) is 23.2 Å². The predicted octanol–water partition coefficient (Wildman–Crippen LogP) is 6.73. The number of allylic oxidation sites excluding steroid dienone is 2. The molecule has 0 aliphatic heterocycles. The van der Waals surface area contributed by atoms with Gasteiger partial charge in [-0.25, -0.2) is 0 Å². The number of hydrogen-bond acceptors (Lipinski definition) is 2. The third-order valence-corrected chi connectivity index (χ3v) is 12.5. The van der Waals surface area contributed by atoms with Crippen LogP contribution in [-0.2, 0) is 8.85 Å². The van der Waals surface area contributed by atoms with Crippen molar-refractivity contribution in [3.63, 3.8) is 0 Å². The van der Waals surface area contributed by atoms with Gasteiger partial charge in [0.05, 0.1) is 5.76 Å². The summed E-state index contributed by atoms with van der Waals surface area (Å²) < 4.78 is 13.5. The molecule has 1 aliphatic rings. The number of hydrogen-bond donors (Lipinski definition) is 0. The van der Waals surface area contributed by atoms with Gasteiger partial charge in [-0.15, -0.1) is 0 Å². The Balaban J connectivity index is 1.83. The third kappa shape index (κ3) is 5.64. The van der Waals surface area contributed by atoms with E-state index in [0.29, 0.717) is 11.8 Å². The Hall–Kier alpha value is -1.63. The molecule has 0 heterocycles. The van der Waals surface area contributed by atoms with Crippen molar-refractivity contribution < 1.29 is 8.85 Å². The van der Waals surface area contributed by atoms with Crippen LogP contribution in [0.4, 0.5) is 0 Å². The van der Waals surface area contributed by atoms with E-state index in [4.69, 9.17) is 8.85 Å². The van der Waals surface area contributed by atoms with Gasteiger partial charge in [0.25, 0.3) is 8.32 Å². The molecule has 2 aromatic carbocycles. The lowest BCUT2D eigenvalue weighted by molar-refractivity contribution is 0.240. The minimum atomic E-state index is -2.45. The lowest BCUT2D eigenvalue weighted by atomic mass is 9.91. The average Bonchev–Trinajstić information content (AvgIpc) is 3.11. The highest BCUT2D eigenvalue weighted by Gasteiger charge is 2.50. The fraction of sp³-hybridized carbons (Fsp3) is 0.500. The summed E-state index contributed by atoms with van der Waals surface area (Å²) in [6.45, 7) is 17.0. The van der Waals surface area contributed by atoms with Gasteiger partial charge >= 0.3 is 0 Å². The fourth-order valence-corrected chi connectivity index (χ4v) is 10.7. The van der Waals surface area contributed by atoms with Crippen molar-refractivity contribution in [3.05, 3.63) is 72.5 Å². The number of rotatable bonds is 9. The summed E-state index contributed by atoms with van der Waals surface area (Å²) in [7, 11) is -4.01. The van der Waals surface area contributed by atoms with Gasteiger partial charge in [-0.3, -0.25) is 0 Å². The highest BCUT2D eigenvalue weighted by Crippen LogP contribution is 2.39. The molecule has 1 aliphatic carbocycles. The van der Waals surface area contributed by atoms with Gasteiger partial charge < -0.3 is 8.85 Å². The highest BCUT2D eigenvalue weighted by molar-refractivity contribution is 6.99. The molecule has 0 aromatic heterocycles. The van der Waals surface area contributed by atoms with Gasteiger partial charge in [0, 0.05) is 13.0 Å². The van der Waals surface area contributed by atoms with E-state index in [2.05, 4.69) is 114 Å². The van der Waals surface area contributed by atoms with Crippen LogP contribution in [0.15, 0.2) is 72.5 Å². The van der Waals surface area contributed by atoms with Gasteiger partial charge in [0.2, 0.25) is 8.32 Å². The molecule has 3 rings (SSSR count). The molecular weight excluding hydrogens is 424 g/mol. The molecule has 0 saturated heterocycles. The van der Waals surface area contributed by atoms with E-state index in [1.54, 1.807) is 0 Å². The van der Waals surface area contributed by atoms with E-state index in [9.17, 15) is 0 Å². The molecule has 2 atom stereocenters. The molecule has 0 amide bonds. The van der Waals surface area contributed by atoms with Crippen LogP contribution in [0, 0.1) is 11.8 Å². The first-order chi connectivity index (χ1) is 15.1. The van der Waals surface area contributed by atoms with Crippen LogP contribution in [0.5, 0.6) is 0 Å².